The third-order valence-electron chi connectivity index (χ3n) is 1.85. The molecule has 2 atom stereocenters. The van der Waals surface area contributed by atoms with Crippen molar-refractivity contribution >= 4 is 16.0 Å². The minimum absolute atomic E-state index is 0.363. The molecular weight excluding hydrogens is 218 g/mol. The number of carbonyl (C=O) groups excluding carboxylic acids is 1. The lowest BCUT2D eigenvalue weighted by molar-refractivity contribution is -0.117. The number of hydrogen-bond donors (Lipinski definition) is 2. The van der Waals surface area contributed by atoms with Gasteiger partial charge in [0.1, 0.15) is 0 Å². The second-order valence-corrected chi connectivity index (χ2v) is 4.69. The zero-order valence-electron chi connectivity index (χ0n) is 8.51. The molecule has 0 rings (SSSR count). The van der Waals surface area contributed by atoms with Gasteiger partial charge in [-0.3, -0.25) is 9.35 Å². The smallest absolute Gasteiger partial charge is 0.286 e. The molecule has 0 saturated carbocycles. The third kappa shape index (κ3) is 4.75. The SMILES string of the molecule is C=CCC(C)C(NC(=O)C=C)S(=O)(=O)O. The molecule has 15 heavy (non-hydrogen) atoms. The first-order valence-electron chi connectivity index (χ1n) is 4.33. The zero-order valence-corrected chi connectivity index (χ0v) is 9.33. The number of hydrogen-bond acceptors (Lipinski definition) is 3. The van der Waals surface area contributed by atoms with Crippen molar-refractivity contribution in [2.24, 2.45) is 5.92 Å². The van der Waals surface area contributed by atoms with E-state index in [1.54, 1.807) is 6.92 Å². The quantitative estimate of drug-likeness (QED) is 0.402. The monoisotopic (exact) mass is 233 g/mol. The van der Waals surface area contributed by atoms with E-state index >= 15 is 0 Å². The Morgan fingerprint density at radius 3 is 2.40 bits per heavy atom. The summed E-state index contributed by atoms with van der Waals surface area (Å²) in [5.41, 5.74) is 0. The fourth-order valence-corrected chi connectivity index (χ4v) is 2.06. The molecule has 6 heteroatoms. The maximum Gasteiger partial charge on any atom is 0.286 e. The van der Waals surface area contributed by atoms with Crippen LogP contribution in [0.5, 0.6) is 0 Å². The Kier molecular flexibility index (Phi) is 5.24. The maximum atomic E-state index is 11.0. The van der Waals surface area contributed by atoms with E-state index < -0.39 is 27.3 Å². The third-order valence-corrected chi connectivity index (χ3v) is 3.07. The van der Waals surface area contributed by atoms with E-state index in [-0.39, 0.29) is 0 Å². The summed E-state index contributed by atoms with van der Waals surface area (Å²) in [7, 11) is -4.32. The molecule has 0 aliphatic heterocycles. The van der Waals surface area contributed by atoms with Crippen molar-refractivity contribution in [3.8, 4) is 0 Å². The van der Waals surface area contributed by atoms with Crippen LogP contribution in [0, 0.1) is 5.92 Å². The number of carbonyl (C=O) groups is 1. The molecule has 0 aromatic rings. The highest BCUT2D eigenvalue weighted by molar-refractivity contribution is 7.86. The van der Waals surface area contributed by atoms with Crippen LogP contribution in [0.2, 0.25) is 0 Å². The van der Waals surface area contributed by atoms with Crippen LogP contribution in [0.15, 0.2) is 25.3 Å². The predicted octanol–water partition coefficient (Wildman–Crippen LogP) is 0.715. The molecule has 86 valence electrons. The lowest BCUT2D eigenvalue weighted by atomic mass is 10.1. The lowest BCUT2D eigenvalue weighted by Gasteiger charge is -2.20. The first-order valence-corrected chi connectivity index (χ1v) is 5.83. The zero-order chi connectivity index (χ0) is 12.1. The van der Waals surface area contributed by atoms with Gasteiger partial charge in [0, 0.05) is 0 Å². The molecule has 0 aromatic heterocycles. The molecule has 0 spiro atoms. The highest BCUT2D eigenvalue weighted by atomic mass is 32.2. The highest BCUT2D eigenvalue weighted by Gasteiger charge is 2.29. The summed E-state index contributed by atoms with van der Waals surface area (Å²) in [6.45, 7) is 8.23. The summed E-state index contributed by atoms with van der Waals surface area (Å²) in [5, 5.41) is 0.816. The Morgan fingerprint density at radius 1 is 1.53 bits per heavy atom. The van der Waals surface area contributed by atoms with E-state index in [4.69, 9.17) is 4.55 Å². The average molecular weight is 233 g/mol. The van der Waals surface area contributed by atoms with Crippen molar-refractivity contribution in [3.05, 3.63) is 25.3 Å². The summed E-state index contributed by atoms with van der Waals surface area (Å²) >= 11 is 0. The van der Waals surface area contributed by atoms with E-state index in [1.165, 1.54) is 6.08 Å². The number of nitrogens with one attached hydrogen (secondary N) is 1. The average Bonchev–Trinajstić information content (AvgIpc) is 2.12. The minimum Gasteiger partial charge on any atom is -0.334 e. The van der Waals surface area contributed by atoms with Gasteiger partial charge >= 0.3 is 0 Å². The van der Waals surface area contributed by atoms with Gasteiger partial charge < -0.3 is 5.32 Å². The Bertz CT molecular complexity index is 347. The highest BCUT2D eigenvalue weighted by Crippen LogP contribution is 2.13. The van der Waals surface area contributed by atoms with Gasteiger partial charge in [-0.2, -0.15) is 8.42 Å². The van der Waals surface area contributed by atoms with Crippen LogP contribution in [0.4, 0.5) is 0 Å². The maximum absolute atomic E-state index is 11.0. The normalized spacial score (nSPS) is 15.1. The summed E-state index contributed by atoms with van der Waals surface area (Å²) in [4.78, 5) is 10.9. The molecule has 0 saturated heterocycles. The topological polar surface area (TPSA) is 83.5 Å². The van der Waals surface area contributed by atoms with E-state index in [0.717, 1.165) is 6.08 Å². The van der Waals surface area contributed by atoms with Crippen molar-refractivity contribution in [1.29, 1.82) is 0 Å². The standard InChI is InChI=1S/C9H15NO4S/c1-4-6-7(3)9(15(12,13)14)10-8(11)5-2/h4-5,7,9H,1-2,6H2,3H3,(H,10,11)(H,12,13,14). The Morgan fingerprint density at radius 2 is 2.07 bits per heavy atom. The Labute approximate surface area is 89.6 Å². The molecule has 0 radical (unpaired) electrons. The second-order valence-electron chi connectivity index (χ2n) is 3.15. The van der Waals surface area contributed by atoms with Gasteiger partial charge in [-0.1, -0.05) is 19.6 Å². The lowest BCUT2D eigenvalue weighted by Crippen LogP contribution is -2.44. The van der Waals surface area contributed by atoms with Crippen LogP contribution in [0.1, 0.15) is 13.3 Å². The molecule has 2 unspecified atom stereocenters. The van der Waals surface area contributed by atoms with Gasteiger partial charge in [0.15, 0.2) is 5.37 Å². The van der Waals surface area contributed by atoms with E-state index in [2.05, 4.69) is 18.5 Å². The predicted molar refractivity (Wildman–Crippen MR) is 57.7 cm³/mol. The van der Waals surface area contributed by atoms with Gasteiger partial charge in [0.05, 0.1) is 0 Å². The van der Waals surface area contributed by atoms with Crippen molar-refractivity contribution in [3.63, 3.8) is 0 Å². The minimum atomic E-state index is -4.32. The molecule has 1 amide bonds. The van der Waals surface area contributed by atoms with Crippen molar-refractivity contribution in [1.82, 2.24) is 5.32 Å². The largest absolute Gasteiger partial charge is 0.334 e. The van der Waals surface area contributed by atoms with Crippen LogP contribution in [0.3, 0.4) is 0 Å². The summed E-state index contributed by atoms with van der Waals surface area (Å²) < 4.78 is 30.9. The van der Waals surface area contributed by atoms with Crippen LogP contribution < -0.4 is 5.32 Å². The molecular formula is C9H15NO4S. The van der Waals surface area contributed by atoms with Gasteiger partial charge in [0.2, 0.25) is 5.91 Å². The molecule has 0 heterocycles. The summed E-state index contributed by atoms with van der Waals surface area (Å²) in [6.07, 6.45) is 2.82. The summed E-state index contributed by atoms with van der Waals surface area (Å²) in [5.74, 6) is -1.10. The number of allylic oxidation sites excluding steroid dienone is 1. The molecule has 0 aromatic carbocycles. The van der Waals surface area contributed by atoms with Crippen molar-refractivity contribution in [2.75, 3.05) is 0 Å². The van der Waals surface area contributed by atoms with E-state index in [1.807, 2.05) is 0 Å². The van der Waals surface area contributed by atoms with Crippen LogP contribution in [-0.2, 0) is 14.9 Å². The second kappa shape index (κ2) is 5.67. The first kappa shape index (κ1) is 13.9. The van der Waals surface area contributed by atoms with Crippen LogP contribution >= 0.6 is 0 Å². The molecule has 0 bridgehead atoms. The fourth-order valence-electron chi connectivity index (χ4n) is 1.10. The molecule has 0 aliphatic rings. The molecule has 0 aliphatic carbocycles. The van der Waals surface area contributed by atoms with E-state index in [0.29, 0.717) is 6.42 Å². The van der Waals surface area contributed by atoms with Gasteiger partial charge in [-0.05, 0) is 18.4 Å². The van der Waals surface area contributed by atoms with E-state index in [9.17, 15) is 13.2 Å². The first-order chi connectivity index (χ1) is 6.82. The Hall–Kier alpha value is -1.14. The van der Waals surface area contributed by atoms with Crippen LogP contribution in [0.25, 0.3) is 0 Å². The molecule has 0 fully saturated rings. The van der Waals surface area contributed by atoms with Crippen molar-refractivity contribution in [2.45, 2.75) is 18.7 Å². The Balaban J connectivity index is 4.81. The number of rotatable bonds is 6. The van der Waals surface area contributed by atoms with Crippen LogP contribution in [-0.4, -0.2) is 24.3 Å². The summed E-state index contributed by atoms with van der Waals surface area (Å²) in [6, 6.07) is 0. The number of amides is 1. The van der Waals surface area contributed by atoms with Gasteiger partial charge in [-0.15, -0.1) is 6.58 Å². The van der Waals surface area contributed by atoms with Crippen molar-refractivity contribution < 1.29 is 17.8 Å². The fraction of sp³-hybridized carbons (Fsp3) is 0.444. The van der Waals surface area contributed by atoms with Gasteiger partial charge in [0.25, 0.3) is 10.1 Å². The molecule has 5 nitrogen and oxygen atoms in total. The van der Waals surface area contributed by atoms with Gasteiger partial charge in [-0.25, -0.2) is 0 Å². The molecule has 2 N–H and O–H groups in total.